The first-order chi connectivity index (χ1) is 9.30. The van der Waals surface area contributed by atoms with Gasteiger partial charge in [0.1, 0.15) is 5.01 Å². The molecule has 0 aromatic carbocycles. The summed E-state index contributed by atoms with van der Waals surface area (Å²) in [7, 11) is 0. The molecule has 1 aliphatic carbocycles. The highest BCUT2D eigenvalue weighted by atomic mass is 35.5. The van der Waals surface area contributed by atoms with Crippen molar-refractivity contribution in [2.75, 3.05) is 13.2 Å². The van der Waals surface area contributed by atoms with Crippen LogP contribution in [-0.2, 0) is 5.88 Å². The Labute approximate surface area is 124 Å². The van der Waals surface area contributed by atoms with Crippen molar-refractivity contribution in [3.63, 3.8) is 0 Å². The molecule has 0 saturated heterocycles. The van der Waals surface area contributed by atoms with Crippen molar-refractivity contribution in [2.45, 2.75) is 57.0 Å². The van der Waals surface area contributed by atoms with Crippen LogP contribution in [0.4, 0.5) is 0 Å². The molecule has 19 heavy (non-hydrogen) atoms. The molecule has 1 aliphatic rings. The van der Waals surface area contributed by atoms with E-state index in [1.165, 1.54) is 24.3 Å². The average Bonchev–Trinajstić information content (AvgIpc) is 2.83. The van der Waals surface area contributed by atoms with Crippen molar-refractivity contribution in [3.8, 4) is 0 Å². The lowest BCUT2D eigenvalue weighted by molar-refractivity contribution is 0.0688. The van der Waals surface area contributed by atoms with Crippen LogP contribution < -0.4 is 0 Å². The molecule has 5 heteroatoms. The van der Waals surface area contributed by atoms with E-state index in [4.69, 9.17) is 16.7 Å². The summed E-state index contributed by atoms with van der Waals surface area (Å²) in [5.74, 6) is 0.493. The molecule has 0 amide bonds. The lowest BCUT2D eigenvalue weighted by Crippen LogP contribution is -2.43. The number of nitrogens with zero attached hydrogens (tertiary/aromatic N) is 2. The Balaban J connectivity index is 2.10. The number of alkyl halides is 1. The number of halogens is 1. The molecule has 2 rings (SSSR count). The maximum Gasteiger partial charge on any atom is 0.110 e. The molecule has 0 aliphatic heterocycles. The molecule has 1 saturated carbocycles. The summed E-state index contributed by atoms with van der Waals surface area (Å²) in [4.78, 5) is 7.20. The predicted octanol–water partition coefficient (Wildman–Crippen LogP) is 3.57. The minimum atomic E-state index is 0.268. The van der Waals surface area contributed by atoms with Crippen LogP contribution in [0, 0.1) is 0 Å². The molecule has 0 radical (unpaired) electrons. The summed E-state index contributed by atoms with van der Waals surface area (Å²) in [6, 6.07) is 1.07. The van der Waals surface area contributed by atoms with Crippen LogP contribution in [0.25, 0.3) is 0 Å². The van der Waals surface area contributed by atoms with Gasteiger partial charge in [-0.15, -0.1) is 22.9 Å². The van der Waals surface area contributed by atoms with Crippen LogP contribution in [0.15, 0.2) is 5.38 Å². The van der Waals surface area contributed by atoms with Gasteiger partial charge in [-0.1, -0.05) is 13.3 Å². The van der Waals surface area contributed by atoms with E-state index in [1.54, 1.807) is 11.3 Å². The van der Waals surface area contributed by atoms with Crippen LogP contribution in [0.1, 0.15) is 55.8 Å². The largest absolute Gasteiger partial charge is 0.396 e. The predicted molar refractivity (Wildman–Crippen MR) is 80.8 cm³/mol. The first-order valence-electron chi connectivity index (χ1n) is 7.17. The third-order valence-corrected chi connectivity index (χ3v) is 5.17. The Morgan fingerprint density at radius 3 is 2.84 bits per heavy atom. The first kappa shape index (κ1) is 15.2. The summed E-state index contributed by atoms with van der Waals surface area (Å²) < 4.78 is 0. The molecule has 1 fully saturated rings. The molecule has 1 heterocycles. The quantitative estimate of drug-likeness (QED) is 0.746. The van der Waals surface area contributed by atoms with Gasteiger partial charge in [0, 0.05) is 24.6 Å². The number of aliphatic hydroxyl groups excluding tert-OH is 1. The van der Waals surface area contributed by atoms with E-state index in [0.717, 1.165) is 25.1 Å². The van der Waals surface area contributed by atoms with E-state index >= 15 is 0 Å². The summed E-state index contributed by atoms with van der Waals surface area (Å²) >= 11 is 7.57. The summed E-state index contributed by atoms with van der Waals surface area (Å²) in [5.41, 5.74) is 0.982. The number of aromatic nitrogens is 1. The smallest absolute Gasteiger partial charge is 0.110 e. The highest BCUT2D eigenvalue weighted by Gasteiger charge is 2.31. The van der Waals surface area contributed by atoms with Gasteiger partial charge in [-0.3, -0.25) is 4.90 Å². The van der Waals surface area contributed by atoms with Gasteiger partial charge < -0.3 is 5.11 Å². The van der Waals surface area contributed by atoms with Crippen molar-refractivity contribution >= 4 is 22.9 Å². The average molecular weight is 303 g/mol. The number of hydrogen-bond acceptors (Lipinski definition) is 4. The first-order valence-corrected chi connectivity index (χ1v) is 8.58. The Morgan fingerprint density at radius 1 is 1.58 bits per heavy atom. The Hall–Kier alpha value is -0.160. The van der Waals surface area contributed by atoms with Crippen LogP contribution in [0.5, 0.6) is 0 Å². The van der Waals surface area contributed by atoms with Gasteiger partial charge in [-0.05, 0) is 25.7 Å². The highest BCUT2D eigenvalue weighted by Crippen LogP contribution is 2.35. The lowest BCUT2D eigenvalue weighted by Gasteiger charge is -2.41. The van der Waals surface area contributed by atoms with Crippen LogP contribution in [0.3, 0.4) is 0 Å². The molecule has 1 N–H and O–H groups in total. The fraction of sp³-hybridized carbons (Fsp3) is 0.786. The SMILES string of the molecule is CCC(c1nc(CCl)cs1)N(CCCO)C1CCC1. The lowest BCUT2D eigenvalue weighted by atomic mass is 9.89. The second-order valence-electron chi connectivity index (χ2n) is 5.13. The summed E-state index contributed by atoms with van der Waals surface area (Å²) in [5, 5.41) is 12.3. The van der Waals surface area contributed by atoms with Crippen LogP contribution in [0.2, 0.25) is 0 Å². The molecule has 1 unspecified atom stereocenters. The van der Waals surface area contributed by atoms with Crippen molar-refractivity contribution in [2.24, 2.45) is 0 Å². The van der Waals surface area contributed by atoms with E-state index in [0.29, 0.717) is 18.0 Å². The second-order valence-corrected chi connectivity index (χ2v) is 6.29. The summed E-state index contributed by atoms with van der Waals surface area (Å²) in [6.45, 7) is 3.46. The van der Waals surface area contributed by atoms with Gasteiger partial charge in [0.05, 0.1) is 17.6 Å². The Morgan fingerprint density at radius 2 is 2.37 bits per heavy atom. The maximum absolute atomic E-state index is 9.10. The van der Waals surface area contributed by atoms with Gasteiger partial charge in [0.15, 0.2) is 0 Å². The molecule has 1 atom stereocenters. The zero-order chi connectivity index (χ0) is 13.7. The van der Waals surface area contributed by atoms with Crippen LogP contribution >= 0.6 is 22.9 Å². The van der Waals surface area contributed by atoms with E-state index in [-0.39, 0.29) is 6.61 Å². The molecule has 108 valence electrons. The minimum Gasteiger partial charge on any atom is -0.396 e. The standard InChI is InChI=1S/C14H23ClN2OS/c1-2-13(14-16-11(9-15)10-19-14)17(7-4-8-18)12-5-3-6-12/h10,12-13,18H,2-9H2,1H3. The fourth-order valence-corrected chi connectivity index (χ4v) is 3.90. The fourth-order valence-electron chi connectivity index (χ4n) is 2.65. The normalized spacial score (nSPS) is 17.7. The van der Waals surface area contributed by atoms with E-state index in [9.17, 15) is 0 Å². The molecule has 0 bridgehead atoms. The van der Waals surface area contributed by atoms with E-state index in [2.05, 4.69) is 22.2 Å². The maximum atomic E-state index is 9.10. The molecule has 1 aromatic heterocycles. The number of thiazole rings is 1. The number of rotatable bonds is 8. The van der Waals surface area contributed by atoms with Crippen molar-refractivity contribution in [1.82, 2.24) is 9.88 Å². The molecular formula is C14H23ClN2OS. The van der Waals surface area contributed by atoms with E-state index < -0.39 is 0 Å². The summed E-state index contributed by atoms with van der Waals surface area (Å²) in [6.07, 6.45) is 5.82. The third kappa shape index (κ3) is 3.69. The molecule has 0 spiro atoms. The Kier molecular flexibility index (Phi) is 6.07. The zero-order valence-corrected chi connectivity index (χ0v) is 13.1. The van der Waals surface area contributed by atoms with Crippen LogP contribution in [-0.4, -0.2) is 34.2 Å². The van der Waals surface area contributed by atoms with Gasteiger partial charge >= 0.3 is 0 Å². The van der Waals surface area contributed by atoms with Gasteiger partial charge in [0.25, 0.3) is 0 Å². The minimum absolute atomic E-state index is 0.268. The molecule has 1 aromatic rings. The Bertz CT molecular complexity index is 381. The monoisotopic (exact) mass is 302 g/mol. The topological polar surface area (TPSA) is 36.4 Å². The number of hydrogen-bond donors (Lipinski definition) is 1. The van der Waals surface area contributed by atoms with Crippen molar-refractivity contribution in [1.29, 1.82) is 0 Å². The molecular weight excluding hydrogens is 280 g/mol. The molecule has 3 nitrogen and oxygen atoms in total. The van der Waals surface area contributed by atoms with Gasteiger partial charge in [-0.25, -0.2) is 4.98 Å². The third-order valence-electron chi connectivity index (χ3n) is 3.90. The van der Waals surface area contributed by atoms with E-state index in [1.807, 2.05) is 0 Å². The van der Waals surface area contributed by atoms with Gasteiger partial charge in [-0.2, -0.15) is 0 Å². The highest BCUT2D eigenvalue weighted by molar-refractivity contribution is 7.09. The second kappa shape index (κ2) is 7.58. The van der Waals surface area contributed by atoms with Crippen molar-refractivity contribution < 1.29 is 5.11 Å². The van der Waals surface area contributed by atoms with Gasteiger partial charge in [0.2, 0.25) is 0 Å². The van der Waals surface area contributed by atoms with Crippen molar-refractivity contribution in [3.05, 3.63) is 16.1 Å². The zero-order valence-electron chi connectivity index (χ0n) is 11.5. The number of aliphatic hydroxyl groups is 1.